The highest BCUT2D eigenvalue weighted by Gasteiger charge is 2.05. The van der Waals surface area contributed by atoms with Gasteiger partial charge in [0.2, 0.25) is 0 Å². The molecule has 6 nitrogen and oxygen atoms in total. The van der Waals surface area contributed by atoms with E-state index in [9.17, 15) is 0 Å². The molecule has 0 amide bonds. The number of nitrogens with zero attached hydrogens (tertiary/aromatic N) is 3. The van der Waals surface area contributed by atoms with Crippen molar-refractivity contribution in [2.75, 3.05) is 13.1 Å². The van der Waals surface area contributed by atoms with E-state index in [-0.39, 0.29) is 0 Å². The van der Waals surface area contributed by atoms with Crippen molar-refractivity contribution in [2.45, 2.75) is 45.6 Å². The SMILES string of the molecule is CCNC(=NCc1cccc(-c2ncn[nH]2)c1)NCCC1=CCCCC1. The molecule has 3 N–H and O–H groups in total. The third-order valence-electron chi connectivity index (χ3n) is 4.50. The average molecular weight is 352 g/mol. The van der Waals surface area contributed by atoms with Crippen LogP contribution in [0.2, 0.25) is 0 Å². The molecule has 6 heteroatoms. The van der Waals surface area contributed by atoms with Gasteiger partial charge < -0.3 is 10.6 Å². The topological polar surface area (TPSA) is 78.0 Å². The monoisotopic (exact) mass is 352 g/mol. The number of benzene rings is 1. The number of allylic oxidation sites excluding steroid dienone is 1. The van der Waals surface area contributed by atoms with Gasteiger partial charge in [0.15, 0.2) is 11.8 Å². The number of aromatic nitrogens is 3. The van der Waals surface area contributed by atoms with Gasteiger partial charge in [-0.05, 0) is 50.7 Å². The number of aromatic amines is 1. The minimum absolute atomic E-state index is 0.625. The minimum atomic E-state index is 0.625. The second-order valence-corrected chi connectivity index (χ2v) is 6.51. The number of H-pyrrole nitrogens is 1. The first-order chi connectivity index (χ1) is 12.8. The smallest absolute Gasteiger partial charge is 0.191 e. The molecule has 26 heavy (non-hydrogen) atoms. The van der Waals surface area contributed by atoms with E-state index >= 15 is 0 Å². The first-order valence-electron chi connectivity index (χ1n) is 9.50. The molecule has 1 aliphatic rings. The van der Waals surface area contributed by atoms with Crippen LogP contribution in [0.15, 0.2) is 47.2 Å². The van der Waals surface area contributed by atoms with Crippen LogP contribution in [0.1, 0.15) is 44.6 Å². The van der Waals surface area contributed by atoms with Crippen LogP contribution in [0.4, 0.5) is 0 Å². The van der Waals surface area contributed by atoms with Crippen molar-refractivity contribution in [3.05, 3.63) is 47.8 Å². The molecular weight excluding hydrogens is 324 g/mol. The molecule has 3 rings (SSSR count). The van der Waals surface area contributed by atoms with Crippen molar-refractivity contribution in [3.8, 4) is 11.4 Å². The molecule has 0 spiro atoms. The first kappa shape index (κ1) is 18.2. The van der Waals surface area contributed by atoms with E-state index in [0.29, 0.717) is 6.54 Å². The second kappa shape index (κ2) is 9.75. The van der Waals surface area contributed by atoms with Crippen LogP contribution in [0.3, 0.4) is 0 Å². The van der Waals surface area contributed by atoms with Gasteiger partial charge in [-0.1, -0.05) is 29.8 Å². The van der Waals surface area contributed by atoms with Crippen molar-refractivity contribution in [3.63, 3.8) is 0 Å². The fourth-order valence-electron chi connectivity index (χ4n) is 3.15. The lowest BCUT2D eigenvalue weighted by atomic mass is 9.97. The van der Waals surface area contributed by atoms with E-state index in [1.165, 1.54) is 32.0 Å². The molecular formula is C20H28N6. The molecule has 0 unspecified atom stereocenters. The number of hydrogen-bond donors (Lipinski definition) is 3. The fourth-order valence-corrected chi connectivity index (χ4v) is 3.15. The summed E-state index contributed by atoms with van der Waals surface area (Å²) in [5, 5.41) is 13.6. The van der Waals surface area contributed by atoms with E-state index < -0.39 is 0 Å². The molecule has 138 valence electrons. The van der Waals surface area contributed by atoms with Crippen molar-refractivity contribution < 1.29 is 0 Å². The van der Waals surface area contributed by atoms with Crippen LogP contribution in [-0.4, -0.2) is 34.2 Å². The van der Waals surface area contributed by atoms with Crippen LogP contribution in [0, 0.1) is 0 Å². The Morgan fingerprint density at radius 3 is 3.00 bits per heavy atom. The molecule has 0 radical (unpaired) electrons. The summed E-state index contributed by atoms with van der Waals surface area (Å²) in [6, 6.07) is 8.23. The lowest BCUT2D eigenvalue weighted by Crippen LogP contribution is -2.37. The number of hydrogen-bond acceptors (Lipinski definition) is 3. The van der Waals surface area contributed by atoms with E-state index in [4.69, 9.17) is 4.99 Å². The predicted octanol–water partition coefficient (Wildman–Crippen LogP) is 3.42. The predicted molar refractivity (Wildman–Crippen MR) is 106 cm³/mol. The Bertz CT molecular complexity index is 733. The number of aliphatic imine (C=N–C) groups is 1. The largest absolute Gasteiger partial charge is 0.357 e. The molecule has 0 saturated carbocycles. The third-order valence-corrected chi connectivity index (χ3v) is 4.50. The van der Waals surface area contributed by atoms with E-state index in [1.54, 1.807) is 5.57 Å². The van der Waals surface area contributed by atoms with Gasteiger partial charge in [0.05, 0.1) is 6.54 Å². The highest BCUT2D eigenvalue weighted by molar-refractivity contribution is 5.79. The van der Waals surface area contributed by atoms with Crippen molar-refractivity contribution in [2.24, 2.45) is 4.99 Å². The number of guanidine groups is 1. The van der Waals surface area contributed by atoms with Crippen molar-refractivity contribution in [1.82, 2.24) is 25.8 Å². The van der Waals surface area contributed by atoms with Gasteiger partial charge >= 0.3 is 0 Å². The Balaban J connectivity index is 1.56. The lowest BCUT2D eigenvalue weighted by Gasteiger charge is -2.15. The third kappa shape index (κ3) is 5.44. The van der Waals surface area contributed by atoms with Crippen LogP contribution in [0.5, 0.6) is 0 Å². The number of rotatable bonds is 7. The van der Waals surface area contributed by atoms with Gasteiger partial charge in [-0.25, -0.2) is 9.98 Å². The Kier molecular flexibility index (Phi) is 6.81. The summed E-state index contributed by atoms with van der Waals surface area (Å²) in [5.41, 5.74) is 3.75. The zero-order valence-electron chi connectivity index (χ0n) is 15.5. The Labute approximate surface area is 155 Å². The van der Waals surface area contributed by atoms with Gasteiger partial charge in [0.1, 0.15) is 6.33 Å². The Morgan fingerprint density at radius 2 is 2.23 bits per heavy atom. The molecule has 0 bridgehead atoms. The summed E-state index contributed by atoms with van der Waals surface area (Å²) in [6.07, 6.45) is 10.2. The maximum atomic E-state index is 4.72. The summed E-state index contributed by atoms with van der Waals surface area (Å²) in [7, 11) is 0. The zero-order valence-corrected chi connectivity index (χ0v) is 15.5. The minimum Gasteiger partial charge on any atom is -0.357 e. The molecule has 1 heterocycles. The van der Waals surface area contributed by atoms with Gasteiger partial charge in [0, 0.05) is 18.7 Å². The molecule has 0 saturated heterocycles. The highest BCUT2D eigenvalue weighted by Crippen LogP contribution is 2.19. The van der Waals surface area contributed by atoms with Crippen molar-refractivity contribution in [1.29, 1.82) is 0 Å². The van der Waals surface area contributed by atoms with Crippen LogP contribution < -0.4 is 10.6 Å². The Morgan fingerprint density at radius 1 is 1.27 bits per heavy atom. The highest BCUT2D eigenvalue weighted by atomic mass is 15.2. The summed E-state index contributed by atoms with van der Waals surface area (Å²) >= 11 is 0. The first-order valence-corrected chi connectivity index (χ1v) is 9.50. The van der Waals surface area contributed by atoms with Crippen LogP contribution in [-0.2, 0) is 6.54 Å². The van der Waals surface area contributed by atoms with Gasteiger partial charge in [0.25, 0.3) is 0 Å². The molecule has 0 fully saturated rings. The summed E-state index contributed by atoms with van der Waals surface area (Å²) in [4.78, 5) is 8.92. The summed E-state index contributed by atoms with van der Waals surface area (Å²) in [5.74, 6) is 1.65. The fraction of sp³-hybridized carbons (Fsp3) is 0.450. The Hall–Kier alpha value is -2.63. The molecule has 1 aliphatic carbocycles. The normalized spacial score (nSPS) is 14.8. The van der Waals surface area contributed by atoms with Crippen LogP contribution >= 0.6 is 0 Å². The van der Waals surface area contributed by atoms with E-state index in [1.807, 2.05) is 12.1 Å². The molecule has 0 atom stereocenters. The maximum Gasteiger partial charge on any atom is 0.191 e. The molecule has 1 aromatic heterocycles. The van der Waals surface area contributed by atoms with E-state index in [0.717, 1.165) is 42.4 Å². The molecule has 2 aromatic rings. The zero-order chi connectivity index (χ0) is 18.0. The van der Waals surface area contributed by atoms with E-state index in [2.05, 4.69) is 50.9 Å². The van der Waals surface area contributed by atoms with Crippen molar-refractivity contribution >= 4 is 5.96 Å². The molecule has 1 aromatic carbocycles. The quantitative estimate of drug-likeness (QED) is 0.405. The second-order valence-electron chi connectivity index (χ2n) is 6.51. The molecule has 0 aliphatic heterocycles. The summed E-state index contributed by atoms with van der Waals surface area (Å²) < 4.78 is 0. The van der Waals surface area contributed by atoms with Crippen LogP contribution in [0.25, 0.3) is 11.4 Å². The number of nitrogens with one attached hydrogen (secondary N) is 3. The summed E-state index contributed by atoms with van der Waals surface area (Å²) in [6.45, 7) is 4.49. The average Bonchev–Trinajstić information content (AvgIpc) is 3.22. The van der Waals surface area contributed by atoms with Gasteiger partial charge in [-0.3, -0.25) is 5.10 Å². The lowest BCUT2D eigenvalue weighted by molar-refractivity contribution is 0.665. The standard InChI is InChI=1S/C20H28N6/c1-2-21-20(22-12-11-16-7-4-3-5-8-16)23-14-17-9-6-10-18(13-17)19-24-15-25-26-19/h6-7,9-10,13,15H,2-5,8,11-12,14H2,1H3,(H2,21,22,23)(H,24,25,26). The van der Waals surface area contributed by atoms with Gasteiger partial charge in [-0.2, -0.15) is 5.10 Å². The maximum absolute atomic E-state index is 4.72. The van der Waals surface area contributed by atoms with Gasteiger partial charge in [-0.15, -0.1) is 0 Å².